The van der Waals surface area contributed by atoms with Gasteiger partial charge in [-0.2, -0.15) is 4.98 Å². The number of hydrogen-bond donors (Lipinski definition) is 2. The summed E-state index contributed by atoms with van der Waals surface area (Å²) in [6.45, 7) is 0.704. The van der Waals surface area contributed by atoms with Crippen LogP contribution in [0.15, 0.2) is 59.4 Å². The summed E-state index contributed by atoms with van der Waals surface area (Å²) in [7, 11) is 0. The van der Waals surface area contributed by atoms with Crippen molar-refractivity contribution in [2.24, 2.45) is 0 Å². The highest BCUT2D eigenvalue weighted by Crippen LogP contribution is 2.14. The van der Waals surface area contributed by atoms with Crippen LogP contribution in [-0.4, -0.2) is 40.0 Å². The summed E-state index contributed by atoms with van der Waals surface area (Å²) >= 11 is 0. The molecule has 0 spiro atoms. The number of carbonyl (C=O) groups excluding carboxylic acids is 2. The third kappa shape index (κ3) is 5.46. The maximum absolute atomic E-state index is 11.9. The fourth-order valence-electron chi connectivity index (χ4n) is 2.35. The Labute approximate surface area is 156 Å². The summed E-state index contributed by atoms with van der Waals surface area (Å²) < 4.78 is 5.16. The van der Waals surface area contributed by atoms with Crippen LogP contribution in [0, 0.1) is 0 Å². The van der Waals surface area contributed by atoms with Crippen LogP contribution in [0.4, 0.5) is 0 Å². The van der Waals surface area contributed by atoms with Crippen molar-refractivity contribution in [3.8, 4) is 11.4 Å². The first kappa shape index (κ1) is 18.2. The Kier molecular flexibility index (Phi) is 6.24. The smallest absolute Gasteiger partial charge is 0.251 e. The maximum atomic E-state index is 11.9. The Morgan fingerprint density at radius 1 is 0.963 bits per heavy atom. The van der Waals surface area contributed by atoms with Gasteiger partial charge in [-0.1, -0.05) is 23.4 Å². The van der Waals surface area contributed by atoms with E-state index in [2.05, 4.69) is 25.8 Å². The minimum atomic E-state index is -0.167. The van der Waals surface area contributed by atoms with Crippen molar-refractivity contribution >= 4 is 11.8 Å². The molecule has 2 N–H and O–H groups in total. The molecule has 0 bridgehead atoms. The molecule has 0 saturated carbocycles. The monoisotopic (exact) mass is 365 g/mol. The SMILES string of the molecule is O=C(CCc1nc(-c2ccncc2)no1)NCCNC(=O)c1ccccc1. The van der Waals surface area contributed by atoms with Crippen molar-refractivity contribution in [1.29, 1.82) is 0 Å². The first-order valence-corrected chi connectivity index (χ1v) is 8.55. The second-order valence-electron chi connectivity index (χ2n) is 5.72. The average Bonchev–Trinajstić information content (AvgIpc) is 3.20. The number of nitrogens with one attached hydrogen (secondary N) is 2. The Hall–Kier alpha value is -3.55. The molecule has 8 heteroatoms. The Morgan fingerprint density at radius 2 is 1.70 bits per heavy atom. The van der Waals surface area contributed by atoms with E-state index in [1.807, 2.05) is 6.07 Å². The van der Waals surface area contributed by atoms with E-state index in [9.17, 15) is 9.59 Å². The highest BCUT2D eigenvalue weighted by atomic mass is 16.5. The zero-order chi connectivity index (χ0) is 18.9. The zero-order valence-electron chi connectivity index (χ0n) is 14.6. The van der Waals surface area contributed by atoms with Gasteiger partial charge in [0.15, 0.2) is 0 Å². The van der Waals surface area contributed by atoms with Crippen molar-refractivity contribution in [3.63, 3.8) is 0 Å². The molecule has 0 unspecified atom stereocenters. The standard InChI is InChI=1S/C19H19N5O3/c25-16(21-12-13-22-19(26)15-4-2-1-3-5-15)6-7-17-23-18(24-27-17)14-8-10-20-11-9-14/h1-5,8-11H,6-7,12-13H2,(H,21,25)(H,22,26). The van der Waals surface area contributed by atoms with Crippen molar-refractivity contribution in [2.45, 2.75) is 12.8 Å². The van der Waals surface area contributed by atoms with Crippen LogP contribution in [0.1, 0.15) is 22.7 Å². The molecule has 0 aliphatic heterocycles. The van der Waals surface area contributed by atoms with Gasteiger partial charge in [0.2, 0.25) is 17.6 Å². The van der Waals surface area contributed by atoms with E-state index < -0.39 is 0 Å². The number of aromatic nitrogens is 3. The number of benzene rings is 1. The van der Waals surface area contributed by atoms with Gasteiger partial charge < -0.3 is 15.2 Å². The normalized spacial score (nSPS) is 10.4. The second kappa shape index (κ2) is 9.23. The molecule has 0 atom stereocenters. The van der Waals surface area contributed by atoms with Crippen LogP contribution < -0.4 is 10.6 Å². The third-order valence-electron chi connectivity index (χ3n) is 3.74. The molecule has 2 heterocycles. The molecule has 3 rings (SSSR count). The summed E-state index contributed by atoms with van der Waals surface area (Å²) in [5.41, 5.74) is 1.39. The van der Waals surface area contributed by atoms with Crippen molar-refractivity contribution < 1.29 is 14.1 Å². The van der Waals surface area contributed by atoms with Crippen molar-refractivity contribution in [3.05, 3.63) is 66.3 Å². The highest BCUT2D eigenvalue weighted by Gasteiger charge is 2.10. The van der Waals surface area contributed by atoms with Crippen LogP contribution >= 0.6 is 0 Å². The fourth-order valence-corrected chi connectivity index (χ4v) is 2.35. The van der Waals surface area contributed by atoms with E-state index in [1.54, 1.807) is 48.8 Å². The van der Waals surface area contributed by atoms with E-state index >= 15 is 0 Å². The van der Waals surface area contributed by atoms with Crippen LogP contribution in [0.2, 0.25) is 0 Å². The number of amides is 2. The average molecular weight is 365 g/mol. The van der Waals surface area contributed by atoms with Gasteiger partial charge in [0.05, 0.1) is 0 Å². The van der Waals surface area contributed by atoms with Crippen LogP contribution in [0.3, 0.4) is 0 Å². The van der Waals surface area contributed by atoms with Crippen LogP contribution in [-0.2, 0) is 11.2 Å². The molecular weight excluding hydrogens is 346 g/mol. The third-order valence-corrected chi connectivity index (χ3v) is 3.74. The molecule has 8 nitrogen and oxygen atoms in total. The quantitative estimate of drug-likeness (QED) is 0.587. The summed E-state index contributed by atoms with van der Waals surface area (Å²) in [6, 6.07) is 12.5. The van der Waals surface area contributed by atoms with Gasteiger partial charge in [-0.05, 0) is 24.3 Å². The molecular formula is C19H19N5O3. The summed E-state index contributed by atoms with van der Waals surface area (Å²) in [5.74, 6) is 0.553. The van der Waals surface area contributed by atoms with Gasteiger partial charge in [0.25, 0.3) is 5.91 Å². The molecule has 2 aromatic heterocycles. The van der Waals surface area contributed by atoms with Gasteiger partial charge in [0, 0.05) is 49.5 Å². The lowest BCUT2D eigenvalue weighted by molar-refractivity contribution is -0.121. The molecule has 2 amide bonds. The number of rotatable bonds is 8. The fraction of sp³-hybridized carbons (Fsp3) is 0.211. The van der Waals surface area contributed by atoms with E-state index in [1.165, 1.54) is 0 Å². The molecule has 0 aliphatic carbocycles. The lowest BCUT2D eigenvalue weighted by Crippen LogP contribution is -2.34. The molecule has 138 valence electrons. The Bertz CT molecular complexity index is 881. The lowest BCUT2D eigenvalue weighted by atomic mass is 10.2. The number of aryl methyl sites for hydroxylation is 1. The number of hydrogen-bond acceptors (Lipinski definition) is 6. The van der Waals surface area contributed by atoms with Gasteiger partial charge in [-0.3, -0.25) is 14.6 Å². The van der Waals surface area contributed by atoms with E-state index in [-0.39, 0.29) is 18.2 Å². The summed E-state index contributed by atoms with van der Waals surface area (Å²) in [4.78, 5) is 31.9. The topological polar surface area (TPSA) is 110 Å². The largest absolute Gasteiger partial charge is 0.354 e. The van der Waals surface area contributed by atoms with E-state index in [0.717, 1.165) is 5.56 Å². The minimum absolute atomic E-state index is 0.146. The second-order valence-corrected chi connectivity index (χ2v) is 5.72. The zero-order valence-corrected chi connectivity index (χ0v) is 14.6. The molecule has 3 aromatic rings. The van der Waals surface area contributed by atoms with E-state index in [4.69, 9.17) is 4.52 Å². The van der Waals surface area contributed by atoms with E-state index in [0.29, 0.717) is 36.8 Å². The first-order valence-electron chi connectivity index (χ1n) is 8.55. The number of pyridine rings is 1. The lowest BCUT2D eigenvalue weighted by Gasteiger charge is -2.06. The highest BCUT2D eigenvalue weighted by molar-refractivity contribution is 5.94. The van der Waals surface area contributed by atoms with Gasteiger partial charge in [-0.25, -0.2) is 0 Å². The van der Waals surface area contributed by atoms with Crippen LogP contribution in [0.25, 0.3) is 11.4 Å². The van der Waals surface area contributed by atoms with Gasteiger partial charge in [-0.15, -0.1) is 0 Å². The molecule has 1 aromatic carbocycles. The van der Waals surface area contributed by atoms with Crippen LogP contribution in [0.5, 0.6) is 0 Å². The maximum Gasteiger partial charge on any atom is 0.251 e. The molecule has 27 heavy (non-hydrogen) atoms. The van der Waals surface area contributed by atoms with Crippen molar-refractivity contribution in [1.82, 2.24) is 25.8 Å². The minimum Gasteiger partial charge on any atom is -0.354 e. The summed E-state index contributed by atoms with van der Waals surface area (Å²) in [6.07, 6.45) is 3.87. The molecule has 0 saturated heterocycles. The molecule has 0 aliphatic rings. The predicted molar refractivity (Wildman–Crippen MR) is 97.6 cm³/mol. The summed E-state index contributed by atoms with van der Waals surface area (Å²) in [5, 5.41) is 9.39. The van der Waals surface area contributed by atoms with Gasteiger partial charge in [0.1, 0.15) is 0 Å². The Balaban J connectivity index is 1.35. The number of nitrogens with zero attached hydrogens (tertiary/aromatic N) is 3. The predicted octanol–water partition coefficient (Wildman–Crippen LogP) is 1.61. The molecule has 0 fully saturated rings. The first-order chi connectivity index (χ1) is 13.2. The van der Waals surface area contributed by atoms with Crippen molar-refractivity contribution in [2.75, 3.05) is 13.1 Å². The van der Waals surface area contributed by atoms with Gasteiger partial charge >= 0.3 is 0 Å². The molecule has 0 radical (unpaired) electrons. The number of carbonyl (C=O) groups is 2. The Morgan fingerprint density at radius 3 is 2.48 bits per heavy atom.